The average Bonchev–Trinajstić information content (AvgIpc) is 2.97. The molecule has 0 aliphatic heterocycles. The number of ether oxygens (including phenoxy) is 1. The van der Waals surface area contributed by atoms with Gasteiger partial charge in [-0.05, 0) is 26.0 Å². The van der Waals surface area contributed by atoms with Crippen LogP contribution in [-0.2, 0) is 11.3 Å². The van der Waals surface area contributed by atoms with E-state index in [4.69, 9.17) is 4.74 Å². The van der Waals surface area contributed by atoms with Gasteiger partial charge in [0.1, 0.15) is 11.5 Å². The lowest BCUT2D eigenvalue weighted by Crippen LogP contribution is -2.15. The fourth-order valence-electron chi connectivity index (χ4n) is 3.25. The van der Waals surface area contributed by atoms with Gasteiger partial charge in [-0.3, -0.25) is 4.98 Å². The largest absolute Gasteiger partial charge is 0.461 e. The monoisotopic (exact) mass is 399 g/mol. The molecular weight excluding hydrogens is 383 g/mol. The van der Waals surface area contributed by atoms with Crippen LogP contribution >= 0.6 is 0 Å². The van der Waals surface area contributed by atoms with Gasteiger partial charge in [-0.15, -0.1) is 0 Å². The van der Waals surface area contributed by atoms with Crippen molar-refractivity contribution in [2.45, 2.75) is 20.4 Å². The van der Waals surface area contributed by atoms with Crippen molar-refractivity contribution >= 4 is 27.9 Å². The minimum absolute atomic E-state index is 0.00266. The van der Waals surface area contributed by atoms with Crippen molar-refractivity contribution < 1.29 is 22.7 Å². The zero-order valence-electron chi connectivity index (χ0n) is 15.7. The smallest absolute Gasteiger partial charge is 0.358 e. The Hall–Kier alpha value is -3.42. The summed E-state index contributed by atoms with van der Waals surface area (Å²) in [6.07, 6.45) is 0. The van der Waals surface area contributed by atoms with E-state index in [0.29, 0.717) is 11.2 Å². The van der Waals surface area contributed by atoms with Crippen LogP contribution in [0, 0.1) is 24.5 Å². The second kappa shape index (κ2) is 7.20. The molecule has 5 nitrogen and oxygen atoms in total. The van der Waals surface area contributed by atoms with Crippen LogP contribution < -0.4 is 0 Å². The maximum atomic E-state index is 15.0. The summed E-state index contributed by atoms with van der Waals surface area (Å²) in [7, 11) is 0. The minimum atomic E-state index is -1.13. The van der Waals surface area contributed by atoms with E-state index in [2.05, 4.69) is 9.97 Å². The fourth-order valence-corrected chi connectivity index (χ4v) is 3.25. The summed E-state index contributed by atoms with van der Waals surface area (Å²) in [5.74, 6) is -4.29. The Morgan fingerprint density at radius 1 is 1.07 bits per heavy atom. The average molecular weight is 399 g/mol. The number of rotatable bonds is 4. The number of carbonyl (C=O) groups is 1. The Balaban J connectivity index is 1.95. The van der Waals surface area contributed by atoms with Crippen molar-refractivity contribution in [1.29, 1.82) is 0 Å². The number of benzene rings is 1. The second-order valence-corrected chi connectivity index (χ2v) is 6.50. The van der Waals surface area contributed by atoms with Crippen LogP contribution in [0.3, 0.4) is 0 Å². The number of para-hydroxylation sites is 1. The SMILES string of the molecule is CCOC(=O)c1c(F)c2c(F)c(C)c(F)nc2n1Cc1ccc2ccccc2n1. The molecule has 0 saturated carbocycles. The molecule has 1 aromatic carbocycles. The Bertz CT molecular complexity index is 1270. The van der Waals surface area contributed by atoms with Gasteiger partial charge in [0.2, 0.25) is 5.95 Å². The Morgan fingerprint density at radius 3 is 2.59 bits per heavy atom. The zero-order valence-corrected chi connectivity index (χ0v) is 15.7. The molecule has 0 atom stereocenters. The molecule has 0 spiro atoms. The molecule has 0 aliphatic carbocycles. The molecule has 3 heterocycles. The maximum absolute atomic E-state index is 15.0. The number of hydrogen-bond acceptors (Lipinski definition) is 4. The molecular formula is C21H16F3N3O2. The Kier molecular flexibility index (Phi) is 4.70. The number of nitrogens with zero attached hydrogens (tertiary/aromatic N) is 3. The molecule has 148 valence electrons. The molecule has 0 radical (unpaired) electrons. The van der Waals surface area contributed by atoms with E-state index in [-0.39, 0.29) is 18.8 Å². The van der Waals surface area contributed by atoms with Crippen LogP contribution in [0.15, 0.2) is 36.4 Å². The summed E-state index contributed by atoms with van der Waals surface area (Å²) < 4.78 is 49.8. The van der Waals surface area contributed by atoms with Gasteiger partial charge in [-0.2, -0.15) is 4.39 Å². The van der Waals surface area contributed by atoms with E-state index < -0.39 is 40.2 Å². The maximum Gasteiger partial charge on any atom is 0.358 e. The van der Waals surface area contributed by atoms with Crippen LogP contribution in [0.25, 0.3) is 21.9 Å². The molecule has 0 amide bonds. The van der Waals surface area contributed by atoms with Crippen LogP contribution in [0.5, 0.6) is 0 Å². The first-order valence-corrected chi connectivity index (χ1v) is 8.97. The summed E-state index contributed by atoms with van der Waals surface area (Å²) >= 11 is 0. The topological polar surface area (TPSA) is 57.0 Å². The lowest BCUT2D eigenvalue weighted by Gasteiger charge is -2.10. The lowest BCUT2D eigenvalue weighted by molar-refractivity contribution is 0.0509. The van der Waals surface area contributed by atoms with Gasteiger partial charge in [0.05, 0.1) is 29.7 Å². The molecule has 0 fully saturated rings. The number of hydrogen-bond donors (Lipinski definition) is 0. The van der Waals surface area contributed by atoms with Crippen molar-refractivity contribution in [3.05, 3.63) is 70.9 Å². The molecule has 4 rings (SSSR count). The molecule has 3 aromatic heterocycles. The molecule has 0 bridgehead atoms. The van der Waals surface area contributed by atoms with Crippen LogP contribution in [0.1, 0.15) is 28.7 Å². The first kappa shape index (κ1) is 18.9. The minimum Gasteiger partial charge on any atom is -0.461 e. The summed E-state index contributed by atoms with van der Waals surface area (Å²) in [5.41, 5.74) is -0.0998. The highest BCUT2D eigenvalue weighted by atomic mass is 19.1. The van der Waals surface area contributed by atoms with E-state index >= 15 is 4.39 Å². The standard InChI is InChI=1S/C21H16F3N3O2/c1-3-29-21(28)18-17(23)15-16(22)11(2)19(24)26-20(15)27(18)10-13-9-8-12-6-4-5-7-14(12)25-13/h4-9H,3,10H2,1-2H3. The highest BCUT2D eigenvalue weighted by Gasteiger charge is 2.29. The molecule has 4 aromatic rings. The van der Waals surface area contributed by atoms with Gasteiger partial charge in [-0.25, -0.2) is 18.6 Å². The van der Waals surface area contributed by atoms with E-state index in [1.54, 1.807) is 19.1 Å². The number of carbonyl (C=O) groups excluding carboxylic acids is 1. The highest BCUT2D eigenvalue weighted by molar-refractivity contribution is 5.95. The first-order chi connectivity index (χ1) is 13.9. The molecule has 0 aliphatic rings. The highest BCUT2D eigenvalue weighted by Crippen LogP contribution is 2.30. The second-order valence-electron chi connectivity index (χ2n) is 6.50. The normalized spacial score (nSPS) is 11.3. The predicted molar refractivity (Wildman–Crippen MR) is 101 cm³/mol. The van der Waals surface area contributed by atoms with Gasteiger partial charge < -0.3 is 9.30 Å². The van der Waals surface area contributed by atoms with Gasteiger partial charge in [-0.1, -0.05) is 24.3 Å². The number of halogens is 3. The van der Waals surface area contributed by atoms with Crippen molar-refractivity contribution in [2.75, 3.05) is 6.61 Å². The van der Waals surface area contributed by atoms with E-state index in [0.717, 1.165) is 16.9 Å². The van der Waals surface area contributed by atoms with Crippen molar-refractivity contribution in [2.24, 2.45) is 0 Å². The van der Waals surface area contributed by atoms with E-state index in [9.17, 15) is 13.6 Å². The summed E-state index contributed by atoms with van der Waals surface area (Å²) in [4.78, 5) is 20.6. The first-order valence-electron chi connectivity index (χ1n) is 8.97. The third-order valence-corrected chi connectivity index (χ3v) is 4.68. The number of esters is 1. The molecule has 0 unspecified atom stereocenters. The van der Waals surface area contributed by atoms with E-state index in [1.165, 1.54) is 0 Å². The Morgan fingerprint density at radius 2 is 1.83 bits per heavy atom. The van der Waals surface area contributed by atoms with Crippen molar-refractivity contribution in [1.82, 2.24) is 14.5 Å². The summed E-state index contributed by atoms with van der Waals surface area (Å²) in [6, 6.07) is 10.9. The summed E-state index contributed by atoms with van der Waals surface area (Å²) in [5, 5.41) is 0.351. The molecule has 8 heteroatoms. The fraction of sp³-hybridized carbons (Fsp3) is 0.190. The quantitative estimate of drug-likeness (QED) is 0.374. The van der Waals surface area contributed by atoms with E-state index in [1.807, 2.05) is 24.3 Å². The third-order valence-electron chi connectivity index (χ3n) is 4.68. The lowest BCUT2D eigenvalue weighted by atomic mass is 10.2. The van der Waals surface area contributed by atoms with Crippen LogP contribution in [-0.4, -0.2) is 27.1 Å². The number of fused-ring (bicyclic) bond motifs is 2. The number of aromatic nitrogens is 3. The van der Waals surface area contributed by atoms with Crippen LogP contribution in [0.2, 0.25) is 0 Å². The van der Waals surface area contributed by atoms with Crippen molar-refractivity contribution in [3.63, 3.8) is 0 Å². The van der Waals surface area contributed by atoms with Gasteiger partial charge in [0.15, 0.2) is 11.5 Å². The number of pyridine rings is 2. The molecule has 0 saturated heterocycles. The third kappa shape index (κ3) is 3.10. The van der Waals surface area contributed by atoms with Gasteiger partial charge >= 0.3 is 5.97 Å². The Labute approximate surface area is 163 Å². The van der Waals surface area contributed by atoms with Gasteiger partial charge in [0.25, 0.3) is 0 Å². The molecule has 29 heavy (non-hydrogen) atoms. The molecule has 0 N–H and O–H groups in total. The zero-order chi connectivity index (χ0) is 20.7. The summed E-state index contributed by atoms with van der Waals surface area (Å²) in [6.45, 7) is 2.60. The van der Waals surface area contributed by atoms with Gasteiger partial charge in [0, 0.05) is 10.9 Å². The van der Waals surface area contributed by atoms with Crippen LogP contribution in [0.4, 0.5) is 13.2 Å². The van der Waals surface area contributed by atoms with Crippen molar-refractivity contribution in [3.8, 4) is 0 Å². The predicted octanol–water partition coefficient (Wildman–Crippen LogP) is 4.54.